The van der Waals surface area contributed by atoms with E-state index < -0.39 is 24.2 Å². The molecule has 0 saturated heterocycles. The molecule has 0 bridgehead atoms. The number of nitrogens with zero attached hydrogens (tertiary/aromatic N) is 1. The van der Waals surface area contributed by atoms with Crippen molar-refractivity contribution in [2.45, 2.75) is 19.5 Å². The number of amides is 1. The Morgan fingerprint density at radius 2 is 1.96 bits per heavy atom. The number of hydrogen-bond acceptors (Lipinski definition) is 4. The monoisotopic (exact) mass is 410 g/mol. The number of carbonyl (C=O) groups is 1. The number of halogens is 4. The number of ether oxygens (including phenoxy) is 1. The number of benzene rings is 2. The molecule has 3 rings (SSSR count). The molecule has 9 heteroatoms. The van der Waals surface area contributed by atoms with E-state index in [1.54, 1.807) is 23.6 Å². The second-order valence-corrected chi connectivity index (χ2v) is 6.55. The van der Waals surface area contributed by atoms with Crippen molar-refractivity contribution in [3.8, 4) is 17.0 Å². The van der Waals surface area contributed by atoms with Crippen LogP contribution < -0.4 is 10.1 Å². The molecule has 1 aromatic heterocycles. The zero-order valence-corrected chi connectivity index (χ0v) is 15.1. The maximum atomic E-state index is 13.6. The molecule has 2 aromatic carbocycles. The lowest BCUT2D eigenvalue weighted by Crippen LogP contribution is -2.12. The van der Waals surface area contributed by atoms with E-state index in [1.165, 1.54) is 6.07 Å². The Morgan fingerprint density at radius 3 is 2.75 bits per heavy atom. The number of aryl methyl sites for hydroxylation is 1. The van der Waals surface area contributed by atoms with Crippen LogP contribution in [0, 0.1) is 11.6 Å². The van der Waals surface area contributed by atoms with E-state index in [1.807, 2.05) is 0 Å². The largest absolute Gasteiger partial charge is 0.434 e. The van der Waals surface area contributed by atoms with E-state index >= 15 is 0 Å². The maximum Gasteiger partial charge on any atom is 0.387 e. The number of carbonyl (C=O) groups excluding carboxylic acids is 1. The van der Waals surface area contributed by atoms with Crippen LogP contribution in [0.25, 0.3) is 11.3 Å². The number of aromatic nitrogens is 1. The standard InChI is InChI=1S/C19H14F4N2O2S/c20-12-6-7-14(21)11(9-12)5-8-17(26)25-19-24-15(10-28-19)13-3-1-2-4-16(13)27-18(22)23/h1-4,6-7,9-10,18H,5,8H2,(H,24,25,26). The number of hydrogen-bond donors (Lipinski definition) is 1. The van der Waals surface area contributed by atoms with Gasteiger partial charge in [-0.05, 0) is 42.3 Å². The Hall–Kier alpha value is -2.94. The summed E-state index contributed by atoms with van der Waals surface area (Å²) in [5.74, 6) is -1.61. The van der Waals surface area contributed by atoms with Crippen LogP contribution in [0.1, 0.15) is 12.0 Å². The summed E-state index contributed by atoms with van der Waals surface area (Å²) in [5, 5.41) is 4.41. The van der Waals surface area contributed by atoms with Gasteiger partial charge in [-0.1, -0.05) is 12.1 Å². The molecule has 1 heterocycles. The predicted molar refractivity (Wildman–Crippen MR) is 97.5 cm³/mol. The SMILES string of the molecule is O=C(CCc1cc(F)ccc1F)Nc1nc(-c2ccccc2OC(F)F)cs1. The second kappa shape index (κ2) is 8.83. The van der Waals surface area contributed by atoms with E-state index in [2.05, 4.69) is 15.0 Å². The van der Waals surface area contributed by atoms with Gasteiger partial charge in [-0.25, -0.2) is 13.8 Å². The van der Waals surface area contributed by atoms with E-state index in [9.17, 15) is 22.4 Å². The van der Waals surface area contributed by atoms with Gasteiger partial charge in [0.15, 0.2) is 5.13 Å². The third-order valence-corrected chi connectivity index (χ3v) is 4.52. The first-order valence-electron chi connectivity index (χ1n) is 8.16. The van der Waals surface area contributed by atoms with Gasteiger partial charge in [-0.3, -0.25) is 4.79 Å². The number of para-hydroxylation sites is 1. The van der Waals surface area contributed by atoms with Crippen molar-refractivity contribution in [1.29, 1.82) is 0 Å². The molecule has 28 heavy (non-hydrogen) atoms. The van der Waals surface area contributed by atoms with Crippen molar-refractivity contribution >= 4 is 22.4 Å². The molecule has 0 aliphatic carbocycles. The average molecular weight is 410 g/mol. The van der Waals surface area contributed by atoms with Crippen LogP contribution in [0.2, 0.25) is 0 Å². The van der Waals surface area contributed by atoms with Crippen molar-refractivity contribution in [1.82, 2.24) is 4.98 Å². The van der Waals surface area contributed by atoms with Gasteiger partial charge in [0.25, 0.3) is 0 Å². The van der Waals surface area contributed by atoms with E-state index in [0.717, 1.165) is 29.5 Å². The van der Waals surface area contributed by atoms with Crippen LogP contribution in [0.4, 0.5) is 22.7 Å². The van der Waals surface area contributed by atoms with Gasteiger partial charge in [0.05, 0.1) is 5.69 Å². The van der Waals surface area contributed by atoms with Gasteiger partial charge in [0.2, 0.25) is 5.91 Å². The number of alkyl halides is 2. The molecule has 1 amide bonds. The summed E-state index contributed by atoms with van der Waals surface area (Å²) in [6.07, 6.45) is -0.0426. The fourth-order valence-corrected chi connectivity index (χ4v) is 3.22. The summed E-state index contributed by atoms with van der Waals surface area (Å²) in [6.45, 7) is -2.97. The number of nitrogens with one attached hydrogen (secondary N) is 1. The summed E-state index contributed by atoms with van der Waals surface area (Å²) in [4.78, 5) is 16.3. The predicted octanol–water partition coefficient (Wildman–Crippen LogP) is 5.26. The molecule has 3 aromatic rings. The zero-order chi connectivity index (χ0) is 20.1. The van der Waals surface area contributed by atoms with Crippen LogP contribution in [-0.2, 0) is 11.2 Å². The first kappa shape index (κ1) is 19.8. The smallest absolute Gasteiger partial charge is 0.387 e. The van der Waals surface area contributed by atoms with Crippen LogP contribution in [0.3, 0.4) is 0 Å². The van der Waals surface area contributed by atoms with Gasteiger partial charge in [0, 0.05) is 17.4 Å². The molecule has 0 fully saturated rings. The lowest BCUT2D eigenvalue weighted by atomic mass is 10.1. The quantitative estimate of drug-likeness (QED) is 0.541. The summed E-state index contributed by atoms with van der Waals surface area (Å²) in [5.41, 5.74) is 0.835. The van der Waals surface area contributed by atoms with Crippen molar-refractivity contribution in [3.63, 3.8) is 0 Å². The highest BCUT2D eigenvalue weighted by atomic mass is 32.1. The molecule has 0 atom stereocenters. The molecule has 0 radical (unpaired) electrons. The molecule has 0 spiro atoms. The Morgan fingerprint density at radius 1 is 1.18 bits per heavy atom. The fourth-order valence-electron chi connectivity index (χ4n) is 2.50. The van der Waals surface area contributed by atoms with Gasteiger partial charge >= 0.3 is 6.61 Å². The van der Waals surface area contributed by atoms with Crippen molar-refractivity contribution < 1.29 is 27.1 Å². The first-order chi connectivity index (χ1) is 13.4. The highest BCUT2D eigenvalue weighted by Gasteiger charge is 2.15. The van der Waals surface area contributed by atoms with Crippen LogP contribution >= 0.6 is 11.3 Å². The number of anilines is 1. The molecule has 0 saturated carbocycles. The molecule has 0 unspecified atom stereocenters. The van der Waals surface area contributed by atoms with Crippen LogP contribution in [0.5, 0.6) is 5.75 Å². The molecular formula is C19H14F4N2O2S. The molecular weight excluding hydrogens is 396 g/mol. The number of thiazole rings is 1. The van der Waals surface area contributed by atoms with Gasteiger partial charge in [-0.15, -0.1) is 11.3 Å². The Balaban J connectivity index is 1.65. The summed E-state index contributed by atoms with van der Waals surface area (Å²) in [6, 6.07) is 9.24. The first-order valence-corrected chi connectivity index (χ1v) is 9.04. The summed E-state index contributed by atoms with van der Waals surface area (Å²) in [7, 11) is 0. The lowest BCUT2D eigenvalue weighted by molar-refractivity contribution is -0.116. The Labute approximate surface area is 161 Å². The van der Waals surface area contributed by atoms with Gasteiger partial charge in [0.1, 0.15) is 17.4 Å². The summed E-state index contributed by atoms with van der Waals surface area (Å²) < 4.78 is 56.3. The molecule has 1 N–H and O–H groups in total. The third kappa shape index (κ3) is 5.07. The molecule has 146 valence electrons. The van der Waals surface area contributed by atoms with E-state index in [0.29, 0.717) is 11.3 Å². The average Bonchev–Trinajstić information content (AvgIpc) is 3.10. The minimum absolute atomic E-state index is 0.0257. The van der Waals surface area contributed by atoms with Crippen LogP contribution in [0.15, 0.2) is 47.8 Å². The maximum absolute atomic E-state index is 13.6. The molecule has 0 aliphatic rings. The topological polar surface area (TPSA) is 51.2 Å². The second-order valence-electron chi connectivity index (χ2n) is 5.70. The third-order valence-electron chi connectivity index (χ3n) is 3.76. The van der Waals surface area contributed by atoms with Crippen molar-refractivity contribution in [2.75, 3.05) is 5.32 Å². The van der Waals surface area contributed by atoms with Crippen molar-refractivity contribution in [2.24, 2.45) is 0 Å². The van der Waals surface area contributed by atoms with Gasteiger partial charge < -0.3 is 10.1 Å². The molecule has 0 aliphatic heterocycles. The van der Waals surface area contributed by atoms with E-state index in [4.69, 9.17) is 0 Å². The van der Waals surface area contributed by atoms with Crippen molar-refractivity contribution in [3.05, 3.63) is 65.0 Å². The Bertz CT molecular complexity index is 978. The normalized spacial score (nSPS) is 10.9. The van der Waals surface area contributed by atoms with Crippen LogP contribution in [-0.4, -0.2) is 17.5 Å². The minimum atomic E-state index is -2.97. The zero-order valence-electron chi connectivity index (χ0n) is 14.3. The Kier molecular flexibility index (Phi) is 6.25. The number of rotatable bonds is 7. The highest BCUT2D eigenvalue weighted by Crippen LogP contribution is 2.33. The minimum Gasteiger partial charge on any atom is -0.434 e. The van der Waals surface area contributed by atoms with Gasteiger partial charge in [-0.2, -0.15) is 8.78 Å². The van der Waals surface area contributed by atoms with E-state index in [-0.39, 0.29) is 29.3 Å². The lowest BCUT2D eigenvalue weighted by Gasteiger charge is -2.08. The highest BCUT2D eigenvalue weighted by molar-refractivity contribution is 7.14. The molecule has 4 nitrogen and oxygen atoms in total. The summed E-state index contributed by atoms with van der Waals surface area (Å²) >= 11 is 1.11. The fraction of sp³-hybridized carbons (Fsp3) is 0.158.